The van der Waals surface area contributed by atoms with E-state index in [1.165, 1.54) is 19.2 Å². The lowest BCUT2D eigenvalue weighted by atomic mass is 9.77. The molecule has 1 aromatic rings. The molecule has 0 bridgehead atoms. The molecule has 0 spiro atoms. The van der Waals surface area contributed by atoms with E-state index in [1.807, 2.05) is 13.8 Å². The first-order chi connectivity index (χ1) is 8.80. The molecule has 2 unspecified atom stereocenters. The van der Waals surface area contributed by atoms with E-state index in [1.54, 1.807) is 6.92 Å². The molecule has 1 aromatic heterocycles. The summed E-state index contributed by atoms with van der Waals surface area (Å²) in [5.74, 6) is -1.98. The van der Waals surface area contributed by atoms with Crippen molar-refractivity contribution < 1.29 is 19.0 Å². The van der Waals surface area contributed by atoms with Gasteiger partial charge in [-0.15, -0.1) is 0 Å². The van der Waals surface area contributed by atoms with Crippen molar-refractivity contribution in [3.05, 3.63) is 29.8 Å². The molecule has 1 N–H and O–H groups in total. The van der Waals surface area contributed by atoms with Gasteiger partial charge in [-0.05, 0) is 25.8 Å². The van der Waals surface area contributed by atoms with Crippen LogP contribution in [0.25, 0.3) is 0 Å². The van der Waals surface area contributed by atoms with Gasteiger partial charge in [0.1, 0.15) is 11.4 Å². The smallest absolute Gasteiger partial charge is 0.312 e. The highest BCUT2D eigenvalue weighted by molar-refractivity contribution is 5.74. The molecule has 0 saturated heterocycles. The number of halogens is 1. The van der Waals surface area contributed by atoms with E-state index in [2.05, 4.69) is 4.98 Å². The minimum atomic E-state index is -1.53. The predicted molar refractivity (Wildman–Crippen MR) is 68.7 cm³/mol. The summed E-state index contributed by atoms with van der Waals surface area (Å²) in [5.41, 5.74) is -1.27. The molecule has 2 atom stereocenters. The molecular formula is C14H20FNO3. The Morgan fingerprint density at radius 2 is 2.16 bits per heavy atom. The lowest BCUT2D eigenvalue weighted by Gasteiger charge is -2.34. The molecular weight excluding hydrogens is 249 g/mol. The highest BCUT2D eigenvalue weighted by Crippen LogP contribution is 2.35. The Bertz CT molecular complexity index is 446. The molecule has 4 nitrogen and oxygen atoms in total. The number of rotatable bonds is 5. The van der Waals surface area contributed by atoms with Gasteiger partial charge < -0.3 is 9.84 Å². The van der Waals surface area contributed by atoms with Gasteiger partial charge >= 0.3 is 5.97 Å². The van der Waals surface area contributed by atoms with Crippen molar-refractivity contribution in [2.24, 2.45) is 11.8 Å². The zero-order valence-electron chi connectivity index (χ0n) is 11.7. The molecule has 0 amide bonds. The van der Waals surface area contributed by atoms with Crippen LogP contribution < -0.4 is 0 Å². The maximum Gasteiger partial charge on any atom is 0.312 e. The van der Waals surface area contributed by atoms with Gasteiger partial charge in [0.2, 0.25) is 0 Å². The second-order valence-corrected chi connectivity index (χ2v) is 5.01. The number of hydrogen-bond donors (Lipinski definition) is 1. The maximum atomic E-state index is 13.2. The number of nitrogens with zero attached hydrogens (tertiary/aromatic N) is 1. The van der Waals surface area contributed by atoms with Gasteiger partial charge in [-0.25, -0.2) is 4.39 Å². The van der Waals surface area contributed by atoms with E-state index in [0.717, 1.165) is 6.20 Å². The average Bonchev–Trinajstić information content (AvgIpc) is 2.28. The third kappa shape index (κ3) is 3.50. The summed E-state index contributed by atoms with van der Waals surface area (Å²) < 4.78 is 18.2. The number of pyridine rings is 1. The van der Waals surface area contributed by atoms with E-state index >= 15 is 0 Å². The van der Waals surface area contributed by atoms with Crippen molar-refractivity contribution in [2.75, 3.05) is 6.61 Å². The Balaban J connectivity index is 3.16. The van der Waals surface area contributed by atoms with Crippen molar-refractivity contribution in [3.63, 3.8) is 0 Å². The summed E-state index contributed by atoms with van der Waals surface area (Å²) >= 11 is 0. The van der Waals surface area contributed by atoms with Crippen LogP contribution in [0.3, 0.4) is 0 Å². The summed E-state index contributed by atoms with van der Waals surface area (Å²) in [4.78, 5) is 15.7. The van der Waals surface area contributed by atoms with Crippen molar-refractivity contribution >= 4 is 5.97 Å². The van der Waals surface area contributed by atoms with Gasteiger partial charge in [0.15, 0.2) is 0 Å². The third-order valence-electron chi connectivity index (χ3n) is 3.10. The molecule has 5 heteroatoms. The molecule has 0 aliphatic heterocycles. The van der Waals surface area contributed by atoms with Gasteiger partial charge in [0.25, 0.3) is 0 Å². The summed E-state index contributed by atoms with van der Waals surface area (Å²) in [6.07, 6.45) is 2.41. The van der Waals surface area contributed by atoms with Crippen LogP contribution in [0.1, 0.15) is 33.3 Å². The van der Waals surface area contributed by atoms with E-state index in [9.17, 15) is 14.3 Å². The number of carbonyl (C=O) groups is 1. The summed E-state index contributed by atoms with van der Waals surface area (Å²) in [5, 5.41) is 10.6. The largest absolute Gasteiger partial charge is 0.466 e. The second kappa shape index (κ2) is 6.10. The van der Waals surface area contributed by atoms with Gasteiger partial charge in [0, 0.05) is 11.8 Å². The van der Waals surface area contributed by atoms with Crippen LogP contribution in [0.4, 0.5) is 4.39 Å². The minimum Gasteiger partial charge on any atom is -0.466 e. The summed E-state index contributed by atoms with van der Waals surface area (Å²) in [6, 6.07) is 1.18. The van der Waals surface area contributed by atoms with Crippen molar-refractivity contribution in [2.45, 2.75) is 33.3 Å². The number of carbonyl (C=O) groups excluding carboxylic acids is 1. The van der Waals surface area contributed by atoms with E-state index in [0.29, 0.717) is 0 Å². The number of ether oxygens (including phenoxy) is 1. The molecule has 19 heavy (non-hydrogen) atoms. The van der Waals surface area contributed by atoms with E-state index < -0.39 is 23.3 Å². The van der Waals surface area contributed by atoms with Crippen LogP contribution in [0.5, 0.6) is 0 Å². The fraction of sp³-hybridized carbons (Fsp3) is 0.571. The van der Waals surface area contributed by atoms with Gasteiger partial charge in [-0.2, -0.15) is 0 Å². The summed E-state index contributed by atoms with van der Waals surface area (Å²) in [7, 11) is 0. The SMILES string of the molecule is CCOC(=O)C(C(C)C)C(C)(O)c1cncc(F)c1. The number of hydrogen-bond acceptors (Lipinski definition) is 4. The predicted octanol–water partition coefficient (Wildman–Crippen LogP) is 2.26. The molecule has 0 radical (unpaired) electrons. The molecule has 0 saturated carbocycles. The molecule has 0 fully saturated rings. The Morgan fingerprint density at radius 1 is 1.53 bits per heavy atom. The molecule has 0 aromatic carbocycles. The van der Waals surface area contributed by atoms with E-state index in [4.69, 9.17) is 4.74 Å². The Kier molecular flexibility index (Phi) is 5.00. The Hall–Kier alpha value is -1.49. The topological polar surface area (TPSA) is 59.4 Å². The lowest BCUT2D eigenvalue weighted by Crippen LogP contribution is -2.41. The van der Waals surface area contributed by atoms with Crippen molar-refractivity contribution in [3.8, 4) is 0 Å². The van der Waals surface area contributed by atoms with Gasteiger partial charge in [-0.3, -0.25) is 9.78 Å². The van der Waals surface area contributed by atoms with Crippen LogP contribution in [-0.4, -0.2) is 22.7 Å². The number of aliphatic hydroxyl groups is 1. The second-order valence-electron chi connectivity index (χ2n) is 5.01. The molecule has 0 aliphatic rings. The first kappa shape index (κ1) is 15.6. The molecule has 0 aliphatic carbocycles. The van der Waals surface area contributed by atoms with Gasteiger partial charge in [0.05, 0.1) is 18.7 Å². The van der Waals surface area contributed by atoms with Crippen LogP contribution in [0.15, 0.2) is 18.5 Å². The van der Waals surface area contributed by atoms with Crippen LogP contribution in [-0.2, 0) is 15.1 Å². The first-order valence-electron chi connectivity index (χ1n) is 6.30. The van der Waals surface area contributed by atoms with Crippen LogP contribution in [0, 0.1) is 17.7 Å². The maximum absolute atomic E-state index is 13.2. The first-order valence-corrected chi connectivity index (χ1v) is 6.30. The normalized spacial score (nSPS) is 15.9. The molecule has 1 rings (SSSR count). The Morgan fingerprint density at radius 3 is 2.63 bits per heavy atom. The fourth-order valence-electron chi connectivity index (χ4n) is 2.25. The van der Waals surface area contributed by atoms with Crippen LogP contribution >= 0.6 is 0 Å². The number of aromatic nitrogens is 1. The van der Waals surface area contributed by atoms with E-state index in [-0.39, 0.29) is 18.1 Å². The monoisotopic (exact) mass is 269 g/mol. The third-order valence-corrected chi connectivity index (χ3v) is 3.10. The summed E-state index contributed by atoms with van der Waals surface area (Å²) in [6.45, 7) is 7.03. The fourth-order valence-corrected chi connectivity index (χ4v) is 2.25. The Labute approximate surface area is 112 Å². The minimum absolute atomic E-state index is 0.155. The average molecular weight is 269 g/mol. The van der Waals surface area contributed by atoms with Crippen LogP contribution in [0.2, 0.25) is 0 Å². The van der Waals surface area contributed by atoms with Crippen molar-refractivity contribution in [1.29, 1.82) is 0 Å². The zero-order valence-corrected chi connectivity index (χ0v) is 11.7. The highest BCUT2D eigenvalue weighted by atomic mass is 19.1. The number of esters is 1. The molecule has 106 valence electrons. The quantitative estimate of drug-likeness (QED) is 0.833. The van der Waals surface area contributed by atoms with Crippen molar-refractivity contribution in [1.82, 2.24) is 4.98 Å². The standard InChI is InChI=1S/C14H20FNO3/c1-5-19-13(17)12(9(2)3)14(4,18)10-6-11(15)8-16-7-10/h6-9,12,18H,5H2,1-4H3. The lowest BCUT2D eigenvalue weighted by molar-refractivity contribution is -0.161. The zero-order chi connectivity index (χ0) is 14.6. The molecule has 1 heterocycles. The van der Waals surface area contributed by atoms with Gasteiger partial charge in [-0.1, -0.05) is 13.8 Å². The highest BCUT2D eigenvalue weighted by Gasteiger charge is 2.42.